The number of nitrogens with zero attached hydrogens (tertiary/aromatic N) is 5. The molecule has 0 saturated carbocycles. The second-order valence-electron chi connectivity index (χ2n) is 6.90. The number of carboxylic acid groups (broad SMARTS) is 1. The molecule has 10 nitrogen and oxygen atoms in total. The van der Waals surface area contributed by atoms with E-state index in [1.54, 1.807) is 17.5 Å². The number of likely N-dealkylation sites (tertiary alicyclic amines) is 1. The average Bonchev–Trinajstić information content (AvgIpc) is 3.31. The number of aromatic nitrogens is 4. The van der Waals surface area contributed by atoms with E-state index < -0.39 is 28.9 Å². The number of rotatable bonds is 2. The van der Waals surface area contributed by atoms with Gasteiger partial charge in [-0.2, -0.15) is 18.3 Å². The minimum atomic E-state index is -5.08. The average molecular weight is 449 g/mol. The molecule has 2 aromatic heterocycles. The van der Waals surface area contributed by atoms with Crippen LogP contribution in [0.25, 0.3) is 0 Å². The van der Waals surface area contributed by atoms with E-state index in [1.807, 2.05) is 5.38 Å². The lowest BCUT2D eigenvalue weighted by Gasteiger charge is -2.35. The summed E-state index contributed by atoms with van der Waals surface area (Å²) >= 11 is 1.64. The van der Waals surface area contributed by atoms with Crippen molar-refractivity contribution in [1.29, 1.82) is 0 Å². The van der Waals surface area contributed by atoms with Crippen molar-refractivity contribution in [2.75, 3.05) is 13.1 Å². The molecule has 0 aromatic carbocycles. The van der Waals surface area contributed by atoms with Gasteiger partial charge >= 0.3 is 23.3 Å². The summed E-state index contributed by atoms with van der Waals surface area (Å²) in [7, 11) is 1.49. The number of ether oxygens (including phenoxy) is 1. The first-order chi connectivity index (χ1) is 14.0. The van der Waals surface area contributed by atoms with Gasteiger partial charge in [-0.1, -0.05) is 0 Å². The summed E-state index contributed by atoms with van der Waals surface area (Å²) in [5, 5.41) is 14.3. The molecule has 1 N–H and O–H groups in total. The van der Waals surface area contributed by atoms with Gasteiger partial charge in [0.15, 0.2) is 5.82 Å². The van der Waals surface area contributed by atoms with Crippen LogP contribution < -0.4 is 11.1 Å². The van der Waals surface area contributed by atoms with E-state index in [4.69, 9.17) is 14.6 Å². The summed E-state index contributed by atoms with van der Waals surface area (Å²) in [5.74, 6) is -2.24. The van der Waals surface area contributed by atoms with Crippen LogP contribution in [0.1, 0.15) is 17.3 Å². The van der Waals surface area contributed by atoms with Gasteiger partial charge in [0.1, 0.15) is 17.2 Å². The first-order valence-electron chi connectivity index (χ1n) is 8.73. The Morgan fingerprint density at radius 1 is 1.33 bits per heavy atom. The van der Waals surface area contributed by atoms with Crippen LogP contribution in [0.3, 0.4) is 0 Å². The van der Waals surface area contributed by atoms with Crippen molar-refractivity contribution >= 4 is 17.3 Å². The molecule has 2 aliphatic heterocycles. The van der Waals surface area contributed by atoms with Gasteiger partial charge in [0.05, 0.1) is 13.1 Å². The second-order valence-corrected chi connectivity index (χ2v) is 7.88. The molecule has 14 heteroatoms. The fourth-order valence-corrected chi connectivity index (χ4v) is 3.95. The van der Waals surface area contributed by atoms with Crippen LogP contribution in [0.5, 0.6) is 0 Å². The molecule has 1 atom stereocenters. The maximum atomic E-state index is 12.2. The first-order valence-corrected chi connectivity index (χ1v) is 9.60. The van der Waals surface area contributed by atoms with Gasteiger partial charge < -0.3 is 9.84 Å². The number of hydrogen-bond acceptors (Lipinski definition) is 8. The van der Waals surface area contributed by atoms with Gasteiger partial charge in [-0.15, -0.1) is 11.3 Å². The number of alkyl halides is 3. The summed E-state index contributed by atoms with van der Waals surface area (Å²) in [6, 6.07) is 0. The Bertz CT molecular complexity index is 1040. The van der Waals surface area contributed by atoms with Crippen LogP contribution >= 0.6 is 11.3 Å². The minimum Gasteiger partial charge on any atom is -0.475 e. The zero-order valence-corrected chi connectivity index (χ0v) is 16.6. The van der Waals surface area contributed by atoms with Crippen molar-refractivity contribution in [3.8, 4) is 0 Å². The predicted molar refractivity (Wildman–Crippen MR) is 97.0 cm³/mol. The lowest BCUT2D eigenvalue weighted by atomic mass is 10.0. The molecule has 2 aromatic rings. The second kappa shape index (κ2) is 8.28. The van der Waals surface area contributed by atoms with E-state index in [2.05, 4.69) is 15.0 Å². The highest BCUT2D eigenvalue weighted by Gasteiger charge is 2.43. The van der Waals surface area contributed by atoms with Crippen LogP contribution in [0.4, 0.5) is 13.2 Å². The maximum absolute atomic E-state index is 12.2. The standard InChI is InChI=1S/C14H17N5O3S.C2HF3O2/c1-17-12(20)13(21)19-9-14(22-7-10(19)16-17)2-4-18(8-14)6-11-15-3-5-23-11;3-2(4,5)1(6)7/h3,5H,2,4,6-9H2,1H3;(H,6,7). The molecule has 2 aliphatic rings. The van der Waals surface area contributed by atoms with Gasteiger partial charge in [0, 0.05) is 31.7 Å². The number of halogens is 3. The smallest absolute Gasteiger partial charge is 0.475 e. The zero-order chi connectivity index (χ0) is 22.1. The van der Waals surface area contributed by atoms with Gasteiger partial charge in [-0.25, -0.2) is 14.5 Å². The Kier molecular flexibility index (Phi) is 6.10. The summed E-state index contributed by atoms with van der Waals surface area (Å²) < 4.78 is 40.4. The molecular formula is C16H18F3N5O5S. The molecule has 0 bridgehead atoms. The predicted octanol–water partition coefficient (Wildman–Crippen LogP) is 0.207. The molecule has 0 amide bonds. The van der Waals surface area contributed by atoms with Crippen LogP contribution in [-0.4, -0.2) is 60.2 Å². The third kappa shape index (κ3) is 4.76. The normalized spacial score (nSPS) is 21.2. The Balaban J connectivity index is 0.000000318. The summed E-state index contributed by atoms with van der Waals surface area (Å²) in [4.78, 5) is 39.5. The summed E-state index contributed by atoms with van der Waals surface area (Å²) in [6.07, 6.45) is -2.44. The van der Waals surface area contributed by atoms with Gasteiger partial charge in [-0.05, 0) is 6.42 Å². The number of thiazole rings is 1. The van der Waals surface area contributed by atoms with Crippen LogP contribution in [0, 0.1) is 0 Å². The molecule has 4 rings (SSSR count). The summed E-state index contributed by atoms with van der Waals surface area (Å²) in [6.45, 7) is 3.06. The van der Waals surface area contributed by atoms with Gasteiger partial charge in [-0.3, -0.25) is 19.1 Å². The highest BCUT2D eigenvalue weighted by molar-refractivity contribution is 7.09. The van der Waals surface area contributed by atoms with E-state index in [0.29, 0.717) is 12.4 Å². The van der Waals surface area contributed by atoms with Crippen LogP contribution in [0.2, 0.25) is 0 Å². The Labute approximate surface area is 171 Å². The number of carbonyl (C=O) groups is 1. The van der Waals surface area contributed by atoms with Crippen molar-refractivity contribution in [2.45, 2.75) is 37.9 Å². The topological polar surface area (TPSA) is 120 Å². The highest BCUT2D eigenvalue weighted by atomic mass is 32.1. The Morgan fingerprint density at radius 3 is 2.63 bits per heavy atom. The third-order valence-corrected chi connectivity index (χ3v) is 5.50. The zero-order valence-electron chi connectivity index (χ0n) is 15.8. The number of aryl methyl sites for hydroxylation is 1. The largest absolute Gasteiger partial charge is 0.490 e. The molecule has 0 aliphatic carbocycles. The van der Waals surface area contributed by atoms with Crippen LogP contribution in [0.15, 0.2) is 21.2 Å². The molecule has 4 heterocycles. The molecule has 1 unspecified atom stereocenters. The van der Waals surface area contributed by atoms with E-state index in [0.717, 1.165) is 35.7 Å². The minimum absolute atomic E-state index is 0.258. The molecule has 1 saturated heterocycles. The Morgan fingerprint density at radius 2 is 2.03 bits per heavy atom. The number of carboxylic acids is 1. The quantitative estimate of drug-likeness (QED) is 0.646. The first kappa shape index (κ1) is 22.1. The van der Waals surface area contributed by atoms with Gasteiger partial charge in [0.2, 0.25) is 0 Å². The van der Waals surface area contributed by atoms with Gasteiger partial charge in [0.25, 0.3) is 0 Å². The fraction of sp³-hybridized carbons (Fsp3) is 0.562. The lowest BCUT2D eigenvalue weighted by Crippen LogP contribution is -2.52. The maximum Gasteiger partial charge on any atom is 0.490 e. The summed E-state index contributed by atoms with van der Waals surface area (Å²) in [5.41, 5.74) is -1.52. The van der Waals surface area contributed by atoms with Crippen molar-refractivity contribution in [3.05, 3.63) is 43.1 Å². The molecular weight excluding hydrogens is 431 g/mol. The fourth-order valence-electron chi connectivity index (χ4n) is 3.30. The van der Waals surface area contributed by atoms with Crippen molar-refractivity contribution in [1.82, 2.24) is 24.2 Å². The van der Waals surface area contributed by atoms with E-state index >= 15 is 0 Å². The lowest BCUT2D eigenvalue weighted by molar-refractivity contribution is -0.192. The van der Waals surface area contributed by atoms with E-state index in [1.165, 1.54) is 11.6 Å². The number of fused-ring (bicyclic) bond motifs is 1. The SMILES string of the molecule is Cn1nc2n(c(=O)c1=O)CC1(CCN(Cc3nccs3)C1)OC2.O=C(O)C(F)(F)F. The third-order valence-electron chi connectivity index (χ3n) is 4.73. The monoisotopic (exact) mass is 449 g/mol. The number of aliphatic carboxylic acids is 1. The van der Waals surface area contributed by atoms with E-state index in [-0.39, 0.29) is 6.61 Å². The van der Waals surface area contributed by atoms with Crippen LogP contribution in [-0.2, 0) is 36.3 Å². The van der Waals surface area contributed by atoms with E-state index in [9.17, 15) is 22.8 Å². The number of hydrogen-bond donors (Lipinski definition) is 1. The van der Waals surface area contributed by atoms with Crippen molar-refractivity contribution < 1.29 is 27.8 Å². The molecule has 30 heavy (non-hydrogen) atoms. The Hall–Kier alpha value is -2.58. The molecule has 1 fully saturated rings. The van der Waals surface area contributed by atoms with Crippen molar-refractivity contribution in [3.63, 3.8) is 0 Å². The van der Waals surface area contributed by atoms with Crippen molar-refractivity contribution in [2.24, 2.45) is 7.05 Å². The molecule has 0 radical (unpaired) electrons. The molecule has 164 valence electrons. The molecule has 1 spiro atoms. The highest BCUT2D eigenvalue weighted by Crippen LogP contribution is 2.31.